The molecule has 1 N–H and O–H groups in total. The van der Waals surface area contributed by atoms with E-state index in [1.807, 2.05) is 19.2 Å². The highest BCUT2D eigenvalue weighted by Crippen LogP contribution is 2.41. The van der Waals surface area contributed by atoms with Crippen molar-refractivity contribution in [3.05, 3.63) is 35.4 Å². The molecule has 20 heavy (non-hydrogen) atoms. The number of aliphatic hydroxyl groups excluding tert-OH is 1. The van der Waals surface area contributed by atoms with Crippen LogP contribution in [0.25, 0.3) is 5.57 Å². The summed E-state index contributed by atoms with van der Waals surface area (Å²) >= 11 is 0. The molecule has 1 saturated heterocycles. The highest BCUT2D eigenvalue weighted by atomic mass is 16.3. The zero-order valence-electron chi connectivity index (χ0n) is 11.5. The fourth-order valence-corrected chi connectivity index (χ4v) is 3.32. The van der Waals surface area contributed by atoms with Crippen molar-refractivity contribution in [2.24, 2.45) is 9.98 Å². The Morgan fingerprint density at radius 3 is 3.05 bits per heavy atom. The first-order chi connectivity index (χ1) is 9.74. The summed E-state index contributed by atoms with van der Waals surface area (Å²) in [7, 11) is 0. The molecule has 1 aromatic rings. The summed E-state index contributed by atoms with van der Waals surface area (Å²) in [5.41, 5.74) is 5.95. The molecule has 0 spiro atoms. The van der Waals surface area contributed by atoms with E-state index in [0.29, 0.717) is 0 Å². The Labute approximate surface area is 118 Å². The molecule has 2 atom stereocenters. The number of aliphatic hydroxyl groups is 1. The van der Waals surface area contributed by atoms with Gasteiger partial charge >= 0.3 is 0 Å². The van der Waals surface area contributed by atoms with Crippen LogP contribution in [0.5, 0.6) is 0 Å². The highest BCUT2D eigenvalue weighted by Gasteiger charge is 2.34. The minimum atomic E-state index is -0.400. The summed E-state index contributed by atoms with van der Waals surface area (Å²) in [6.45, 7) is 3.50. The molecule has 0 bridgehead atoms. The van der Waals surface area contributed by atoms with E-state index in [1.54, 1.807) is 0 Å². The average Bonchev–Trinajstić information content (AvgIpc) is 2.85. The Morgan fingerprint density at radius 2 is 2.20 bits per heavy atom. The number of piperidine rings is 1. The topological polar surface area (TPSA) is 48.2 Å². The van der Waals surface area contributed by atoms with Crippen LogP contribution < -0.4 is 0 Å². The van der Waals surface area contributed by atoms with Gasteiger partial charge < -0.3 is 5.11 Å². The third kappa shape index (κ3) is 1.69. The van der Waals surface area contributed by atoms with E-state index in [-0.39, 0.29) is 6.04 Å². The normalized spacial score (nSPS) is 25.9. The quantitative estimate of drug-likeness (QED) is 0.846. The summed E-state index contributed by atoms with van der Waals surface area (Å²) in [4.78, 5) is 11.4. The second kappa shape index (κ2) is 4.36. The van der Waals surface area contributed by atoms with Crippen LogP contribution >= 0.6 is 0 Å². The van der Waals surface area contributed by atoms with Gasteiger partial charge in [0.25, 0.3) is 0 Å². The molecule has 0 radical (unpaired) electrons. The van der Waals surface area contributed by atoms with Crippen LogP contribution in [0.4, 0.5) is 5.69 Å². The fraction of sp³-hybridized carbons (Fsp3) is 0.375. The number of aliphatic imine (C=N–C) groups is 2. The SMILES string of the molecule is CC(O)N1CCC2=C3C(=Nc4ccccc43)C=NC2C1. The Kier molecular flexibility index (Phi) is 2.62. The van der Waals surface area contributed by atoms with E-state index >= 15 is 0 Å². The molecule has 2 unspecified atom stereocenters. The third-order valence-corrected chi connectivity index (χ3v) is 4.37. The summed E-state index contributed by atoms with van der Waals surface area (Å²) in [6.07, 6.45) is 2.45. The van der Waals surface area contributed by atoms with E-state index in [9.17, 15) is 5.11 Å². The van der Waals surface area contributed by atoms with Gasteiger partial charge in [0.05, 0.1) is 17.4 Å². The number of nitrogens with zero attached hydrogens (tertiary/aromatic N) is 3. The van der Waals surface area contributed by atoms with Crippen molar-refractivity contribution in [3.63, 3.8) is 0 Å². The number of allylic oxidation sites excluding steroid dienone is 1. The van der Waals surface area contributed by atoms with Crippen molar-refractivity contribution in [2.75, 3.05) is 13.1 Å². The second-order valence-electron chi connectivity index (χ2n) is 5.59. The molecule has 3 aliphatic heterocycles. The summed E-state index contributed by atoms with van der Waals surface area (Å²) < 4.78 is 0. The van der Waals surface area contributed by atoms with Gasteiger partial charge in [-0.3, -0.25) is 9.89 Å². The largest absolute Gasteiger partial charge is 0.379 e. The number of benzene rings is 1. The Balaban J connectivity index is 1.77. The predicted molar refractivity (Wildman–Crippen MR) is 80.6 cm³/mol. The van der Waals surface area contributed by atoms with Gasteiger partial charge in [0.1, 0.15) is 6.23 Å². The van der Waals surface area contributed by atoms with Crippen LogP contribution in [0.3, 0.4) is 0 Å². The molecular weight excluding hydrogens is 250 g/mol. The first-order valence-corrected chi connectivity index (χ1v) is 7.11. The van der Waals surface area contributed by atoms with Crippen molar-refractivity contribution in [3.8, 4) is 0 Å². The minimum absolute atomic E-state index is 0.165. The van der Waals surface area contributed by atoms with Gasteiger partial charge in [0.15, 0.2) is 0 Å². The Hall–Kier alpha value is -1.78. The fourth-order valence-electron chi connectivity index (χ4n) is 3.32. The first-order valence-electron chi connectivity index (χ1n) is 7.11. The first kappa shape index (κ1) is 12.0. The average molecular weight is 267 g/mol. The van der Waals surface area contributed by atoms with Crippen molar-refractivity contribution >= 4 is 23.2 Å². The molecule has 0 amide bonds. The van der Waals surface area contributed by atoms with Gasteiger partial charge in [0.2, 0.25) is 0 Å². The lowest BCUT2D eigenvalue weighted by Crippen LogP contribution is -2.45. The van der Waals surface area contributed by atoms with E-state index in [1.165, 1.54) is 16.7 Å². The molecule has 4 heteroatoms. The zero-order valence-corrected chi connectivity index (χ0v) is 11.5. The maximum atomic E-state index is 9.75. The molecule has 102 valence electrons. The smallest absolute Gasteiger partial charge is 0.104 e. The number of fused-ring (bicyclic) bond motifs is 4. The predicted octanol–water partition coefficient (Wildman–Crippen LogP) is 2.02. The maximum Gasteiger partial charge on any atom is 0.104 e. The van der Waals surface area contributed by atoms with Gasteiger partial charge in [-0.05, 0) is 25.0 Å². The molecule has 1 fully saturated rings. The van der Waals surface area contributed by atoms with Gasteiger partial charge in [-0.1, -0.05) is 18.2 Å². The lowest BCUT2D eigenvalue weighted by molar-refractivity contribution is 0.0103. The molecule has 4 rings (SSSR count). The van der Waals surface area contributed by atoms with E-state index in [0.717, 1.165) is 30.9 Å². The maximum absolute atomic E-state index is 9.75. The van der Waals surface area contributed by atoms with Crippen LogP contribution in [0, 0.1) is 0 Å². The van der Waals surface area contributed by atoms with Crippen LogP contribution in [0.15, 0.2) is 39.8 Å². The van der Waals surface area contributed by atoms with Gasteiger partial charge in [-0.25, -0.2) is 4.99 Å². The molecule has 3 heterocycles. The molecule has 0 aliphatic carbocycles. The van der Waals surface area contributed by atoms with Crippen molar-refractivity contribution < 1.29 is 5.11 Å². The van der Waals surface area contributed by atoms with Crippen LogP contribution in [-0.2, 0) is 0 Å². The van der Waals surface area contributed by atoms with E-state index < -0.39 is 6.23 Å². The summed E-state index contributed by atoms with van der Waals surface area (Å²) in [5, 5.41) is 9.75. The monoisotopic (exact) mass is 267 g/mol. The number of hydrogen-bond acceptors (Lipinski definition) is 4. The molecular formula is C16H17N3O. The summed E-state index contributed by atoms with van der Waals surface area (Å²) in [6, 6.07) is 8.46. The lowest BCUT2D eigenvalue weighted by Gasteiger charge is -2.36. The van der Waals surface area contributed by atoms with E-state index in [4.69, 9.17) is 0 Å². The minimum Gasteiger partial charge on any atom is -0.379 e. The summed E-state index contributed by atoms with van der Waals surface area (Å²) in [5.74, 6) is 0. The standard InChI is InChI=1S/C16H17N3O/c1-10(20)19-7-6-12-15(9-19)17-8-14-16(12)11-4-2-3-5-13(11)18-14/h2-5,8,10,15,20H,6-7,9H2,1H3. The number of likely N-dealkylation sites (tertiary alicyclic amines) is 1. The zero-order chi connectivity index (χ0) is 13.7. The second-order valence-corrected chi connectivity index (χ2v) is 5.59. The van der Waals surface area contributed by atoms with E-state index in [2.05, 4.69) is 33.1 Å². The highest BCUT2D eigenvalue weighted by molar-refractivity contribution is 6.54. The van der Waals surface area contributed by atoms with Crippen molar-refractivity contribution in [2.45, 2.75) is 25.6 Å². The van der Waals surface area contributed by atoms with Gasteiger partial charge in [-0.15, -0.1) is 0 Å². The van der Waals surface area contributed by atoms with Gasteiger partial charge in [0, 0.05) is 30.4 Å². The Morgan fingerprint density at radius 1 is 1.35 bits per heavy atom. The molecule has 0 aromatic heterocycles. The van der Waals surface area contributed by atoms with Crippen molar-refractivity contribution in [1.82, 2.24) is 4.90 Å². The van der Waals surface area contributed by atoms with Crippen LogP contribution in [0.1, 0.15) is 18.9 Å². The molecule has 3 aliphatic rings. The molecule has 4 nitrogen and oxygen atoms in total. The molecule has 1 aromatic carbocycles. The lowest BCUT2D eigenvalue weighted by atomic mass is 9.86. The third-order valence-electron chi connectivity index (χ3n) is 4.37. The van der Waals surface area contributed by atoms with Gasteiger partial charge in [-0.2, -0.15) is 0 Å². The van der Waals surface area contributed by atoms with Crippen LogP contribution in [-0.4, -0.2) is 47.3 Å². The number of para-hydroxylation sites is 1. The molecule has 0 saturated carbocycles. The number of dihydropyridines is 1. The van der Waals surface area contributed by atoms with Crippen LogP contribution in [0.2, 0.25) is 0 Å². The number of rotatable bonds is 1. The Bertz CT molecular complexity index is 657. The number of hydrogen-bond donors (Lipinski definition) is 1. The van der Waals surface area contributed by atoms with Crippen molar-refractivity contribution in [1.29, 1.82) is 0 Å².